The molecule has 0 atom stereocenters. The molecule has 0 aliphatic heterocycles. The quantitative estimate of drug-likeness (QED) is 0.825. The highest BCUT2D eigenvalue weighted by atomic mass is 35.5. The van der Waals surface area contributed by atoms with Crippen molar-refractivity contribution in [2.45, 2.75) is 13.2 Å². The number of rotatable bonds is 4. The van der Waals surface area contributed by atoms with Crippen LogP contribution < -0.4 is 10.5 Å². The van der Waals surface area contributed by atoms with E-state index in [2.05, 4.69) is 0 Å². The Bertz CT molecular complexity index is 556. The molecule has 18 heavy (non-hydrogen) atoms. The third-order valence-electron chi connectivity index (χ3n) is 2.26. The lowest BCUT2D eigenvalue weighted by molar-refractivity contribution is 0.310. The molecular formula is C12H10Cl3NOS. The minimum atomic E-state index is 0.413. The normalized spacial score (nSPS) is 10.7. The van der Waals surface area contributed by atoms with Crippen LogP contribution in [-0.2, 0) is 13.2 Å². The molecule has 2 aromatic rings. The summed E-state index contributed by atoms with van der Waals surface area (Å²) in [6.45, 7) is 0.973. The maximum Gasteiger partial charge on any atom is 0.140 e. The molecule has 2 nitrogen and oxygen atoms in total. The molecule has 0 aliphatic carbocycles. The zero-order valence-electron chi connectivity index (χ0n) is 9.25. The summed E-state index contributed by atoms with van der Waals surface area (Å²) >= 11 is 19.4. The molecule has 0 radical (unpaired) electrons. The Morgan fingerprint density at radius 1 is 1.00 bits per heavy atom. The lowest BCUT2D eigenvalue weighted by Crippen LogP contribution is -1.94. The summed E-state index contributed by atoms with van der Waals surface area (Å²) in [6, 6.07) is 7.16. The highest BCUT2D eigenvalue weighted by Crippen LogP contribution is 2.34. The van der Waals surface area contributed by atoms with E-state index < -0.39 is 0 Å². The molecule has 0 aliphatic rings. The average molecular weight is 323 g/mol. The largest absolute Gasteiger partial charge is 0.486 e. The first kappa shape index (κ1) is 14.0. The third-order valence-corrected chi connectivity index (χ3v) is 4.36. The molecule has 1 aromatic heterocycles. The summed E-state index contributed by atoms with van der Waals surface area (Å²) in [5.74, 6) is 0.522. The lowest BCUT2D eigenvalue weighted by atomic mass is 10.3. The number of halogens is 3. The number of hydrogen-bond donors (Lipinski definition) is 1. The number of ether oxygens (including phenoxy) is 1. The van der Waals surface area contributed by atoms with Crippen LogP contribution in [0.5, 0.6) is 5.75 Å². The minimum absolute atomic E-state index is 0.413. The Balaban J connectivity index is 2.08. The van der Waals surface area contributed by atoms with E-state index in [1.807, 2.05) is 12.1 Å². The number of benzene rings is 1. The van der Waals surface area contributed by atoms with Crippen LogP contribution in [0.4, 0.5) is 0 Å². The van der Waals surface area contributed by atoms with Crippen molar-refractivity contribution in [2.75, 3.05) is 0 Å². The van der Waals surface area contributed by atoms with Gasteiger partial charge in [0.15, 0.2) is 0 Å². The van der Waals surface area contributed by atoms with E-state index in [0.29, 0.717) is 34.0 Å². The zero-order chi connectivity index (χ0) is 13.1. The molecule has 0 unspecified atom stereocenters. The first-order chi connectivity index (χ1) is 8.60. The minimum Gasteiger partial charge on any atom is -0.486 e. The van der Waals surface area contributed by atoms with Gasteiger partial charge in [0.25, 0.3) is 0 Å². The Hall–Kier alpha value is -0.450. The van der Waals surface area contributed by atoms with E-state index in [0.717, 1.165) is 9.75 Å². The predicted octanol–water partition coefficient (Wildman–Crippen LogP) is 4.75. The number of thiophene rings is 1. The van der Waals surface area contributed by atoms with Gasteiger partial charge < -0.3 is 10.5 Å². The molecule has 0 saturated heterocycles. The third kappa shape index (κ3) is 3.31. The summed E-state index contributed by atoms with van der Waals surface area (Å²) in [7, 11) is 0. The summed E-state index contributed by atoms with van der Waals surface area (Å²) in [5.41, 5.74) is 5.55. The van der Waals surface area contributed by atoms with Gasteiger partial charge in [-0.25, -0.2) is 0 Å². The van der Waals surface area contributed by atoms with E-state index in [1.54, 1.807) is 23.5 Å². The van der Waals surface area contributed by atoms with Gasteiger partial charge in [0.2, 0.25) is 0 Å². The fourth-order valence-corrected chi connectivity index (χ4v) is 2.77. The van der Waals surface area contributed by atoms with Crippen LogP contribution in [0.2, 0.25) is 15.1 Å². The van der Waals surface area contributed by atoms with Gasteiger partial charge in [-0.15, -0.1) is 11.3 Å². The van der Waals surface area contributed by atoms with E-state index >= 15 is 0 Å². The zero-order valence-corrected chi connectivity index (χ0v) is 12.3. The second-order valence-corrected chi connectivity index (χ2v) is 6.03. The molecule has 0 fully saturated rings. The van der Waals surface area contributed by atoms with Crippen LogP contribution in [0.1, 0.15) is 9.75 Å². The van der Waals surface area contributed by atoms with Crippen molar-refractivity contribution in [1.29, 1.82) is 0 Å². The molecule has 0 bridgehead atoms. The number of nitrogens with two attached hydrogens (primary N) is 1. The van der Waals surface area contributed by atoms with Gasteiger partial charge in [0.05, 0.1) is 15.1 Å². The van der Waals surface area contributed by atoms with E-state index in [-0.39, 0.29) is 0 Å². The van der Waals surface area contributed by atoms with E-state index in [4.69, 9.17) is 45.3 Å². The molecule has 1 aromatic carbocycles. The summed E-state index contributed by atoms with van der Waals surface area (Å²) in [6.07, 6.45) is 0. The van der Waals surface area contributed by atoms with Gasteiger partial charge in [-0.1, -0.05) is 34.8 Å². The van der Waals surface area contributed by atoms with Gasteiger partial charge in [-0.3, -0.25) is 0 Å². The van der Waals surface area contributed by atoms with Gasteiger partial charge in [0.1, 0.15) is 12.4 Å². The van der Waals surface area contributed by atoms with E-state index in [1.165, 1.54) is 0 Å². The first-order valence-electron chi connectivity index (χ1n) is 5.15. The highest BCUT2D eigenvalue weighted by molar-refractivity contribution is 7.11. The Morgan fingerprint density at radius 2 is 1.67 bits per heavy atom. The van der Waals surface area contributed by atoms with Crippen LogP contribution >= 0.6 is 46.1 Å². The van der Waals surface area contributed by atoms with E-state index in [9.17, 15) is 0 Å². The molecule has 6 heteroatoms. The predicted molar refractivity (Wildman–Crippen MR) is 78.0 cm³/mol. The van der Waals surface area contributed by atoms with Crippen LogP contribution in [0.15, 0.2) is 24.3 Å². The van der Waals surface area contributed by atoms with Crippen molar-refractivity contribution in [3.05, 3.63) is 49.1 Å². The fourth-order valence-electron chi connectivity index (χ4n) is 1.37. The smallest absolute Gasteiger partial charge is 0.140 e. The maximum absolute atomic E-state index is 6.02. The van der Waals surface area contributed by atoms with Crippen LogP contribution in [-0.4, -0.2) is 0 Å². The monoisotopic (exact) mass is 321 g/mol. The van der Waals surface area contributed by atoms with Crippen molar-refractivity contribution in [3.8, 4) is 5.75 Å². The van der Waals surface area contributed by atoms with Crippen molar-refractivity contribution < 1.29 is 4.74 Å². The van der Waals surface area contributed by atoms with Gasteiger partial charge in [0, 0.05) is 22.4 Å². The topological polar surface area (TPSA) is 35.2 Å². The highest BCUT2D eigenvalue weighted by Gasteiger charge is 2.08. The van der Waals surface area contributed by atoms with Gasteiger partial charge >= 0.3 is 0 Å². The van der Waals surface area contributed by atoms with Crippen molar-refractivity contribution in [1.82, 2.24) is 0 Å². The molecule has 2 rings (SSSR count). The molecule has 0 saturated carbocycles. The Morgan fingerprint density at radius 3 is 2.33 bits per heavy atom. The van der Waals surface area contributed by atoms with Crippen LogP contribution in [0, 0.1) is 0 Å². The van der Waals surface area contributed by atoms with Gasteiger partial charge in [-0.05, 0) is 18.2 Å². The Labute approximate surface area is 124 Å². The standard InChI is InChI=1S/C12H10Cl3NOS/c13-9-3-11(15)12(4-10(9)14)17-6-8-2-1-7(5-16)18-8/h1-4H,5-6,16H2. The average Bonchev–Trinajstić information content (AvgIpc) is 2.80. The van der Waals surface area contributed by atoms with Crippen LogP contribution in [0.25, 0.3) is 0 Å². The second kappa shape index (κ2) is 6.13. The SMILES string of the molecule is NCc1ccc(COc2cc(Cl)c(Cl)cc2Cl)s1. The summed E-state index contributed by atoms with van der Waals surface area (Å²) < 4.78 is 5.61. The molecule has 0 spiro atoms. The maximum atomic E-state index is 6.02. The number of hydrogen-bond acceptors (Lipinski definition) is 3. The fraction of sp³-hybridized carbons (Fsp3) is 0.167. The summed E-state index contributed by atoms with van der Waals surface area (Å²) in [5, 5.41) is 1.28. The molecule has 96 valence electrons. The van der Waals surface area contributed by atoms with Crippen LogP contribution in [0.3, 0.4) is 0 Å². The van der Waals surface area contributed by atoms with Crippen molar-refractivity contribution in [2.24, 2.45) is 5.73 Å². The van der Waals surface area contributed by atoms with Crippen molar-refractivity contribution >= 4 is 46.1 Å². The molecule has 0 amide bonds. The Kier molecular flexibility index (Phi) is 4.76. The lowest BCUT2D eigenvalue weighted by Gasteiger charge is -2.08. The van der Waals surface area contributed by atoms with Gasteiger partial charge in [-0.2, -0.15) is 0 Å². The molecule has 1 heterocycles. The second-order valence-electron chi connectivity index (χ2n) is 3.56. The summed E-state index contributed by atoms with van der Waals surface area (Å²) in [4.78, 5) is 2.20. The van der Waals surface area contributed by atoms with Crippen molar-refractivity contribution in [3.63, 3.8) is 0 Å². The molecular weight excluding hydrogens is 313 g/mol. The molecule has 2 N–H and O–H groups in total. The first-order valence-corrected chi connectivity index (χ1v) is 7.10.